The fourth-order valence-electron chi connectivity index (χ4n) is 2.31. The largest absolute Gasteiger partial charge is 0.389 e. The van der Waals surface area contributed by atoms with Crippen LogP contribution in [0.1, 0.15) is 0 Å². The van der Waals surface area contributed by atoms with Gasteiger partial charge >= 0.3 is 0 Å². The van der Waals surface area contributed by atoms with E-state index in [0.29, 0.717) is 0 Å². The third-order valence-corrected chi connectivity index (χ3v) is 3.10. The third kappa shape index (κ3) is 1.35. The molecule has 6 heteroatoms. The van der Waals surface area contributed by atoms with Crippen molar-refractivity contribution in [3.63, 3.8) is 0 Å². The van der Waals surface area contributed by atoms with Crippen molar-refractivity contribution >= 4 is 0 Å². The van der Waals surface area contributed by atoms with E-state index >= 15 is 0 Å². The Hall–Kier alpha value is -0.240. The van der Waals surface area contributed by atoms with Gasteiger partial charge in [-0.25, -0.2) is 0 Å². The summed E-state index contributed by atoms with van der Waals surface area (Å²) in [6.45, 7) is 0.379. The lowest BCUT2D eigenvalue weighted by Crippen LogP contribution is -2.61. The fourth-order valence-corrected chi connectivity index (χ4v) is 2.31. The summed E-state index contributed by atoms with van der Waals surface area (Å²) in [5.41, 5.74) is 0. The van der Waals surface area contributed by atoms with Crippen LogP contribution in [0.5, 0.6) is 0 Å². The summed E-state index contributed by atoms with van der Waals surface area (Å²) in [7, 11) is 0. The molecule has 2 aliphatic heterocycles. The van der Waals surface area contributed by atoms with Crippen LogP contribution in [0.15, 0.2) is 0 Å². The van der Waals surface area contributed by atoms with E-state index in [9.17, 15) is 25.5 Å². The second kappa shape index (κ2) is 3.41. The smallest absolute Gasteiger partial charge is 0.109 e. The van der Waals surface area contributed by atoms with Crippen LogP contribution >= 0.6 is 0 Å². The molecule has 0 saturated carbocycles. The highest BCUT2D eigenvalue weighted by atomic mass is 16.4. The van der Waals surface area contributed by atoms with Crippen LogP contribution in [-0.4, -0.2) is 80.1 Å². The molecule has 0 aromatic rings. The van der Waals surface area contributed by atoms with Crippen molar-refractivity contribution in [2.75, 3.05) is 13.1 Å². The number of fused-ring (bicyclic) bond motifs is 1. The van der Waals surface area contributed by atoms with E-state index in [1.54, 1.807) is 4.90 Å². The van der Waals surface area contributed by atoms with E-state index in [-0.39, 0.29) is 13.1 Å². The molecule has 2 heterocycles. The summed E-state index contributed by atoms with van der Waals surface area (Å²) in [6, 6.07) is -0.677. The number of hydrogen-bond donors (Lipinski definition) is 5. The lowest BCUT2D eigenvalue weighted by molar-refractivity contribution is -0.142. The van der Waals surface area contributed by atoms with Crippen LogP contribution in [0, 0.1) is 0 Å². The summed E-state index contributed by atoms with van der Waals surface area (Å²) in [5, 5.41) is 47.2. The summed E-state index contributed by atoms with van der Waals surface area (Å²) in [6.07, 6.45) is -5.49. The van der Waals surface area contributed by atoms with Crippen molar-refractivity contribution in [3.05, 3.63) is 0 Å². The van der Waals surface area contributed by atoms with Gasteiger partial charge in [0.1, 0.15) is 12.2 Å². The Bertz CT molecular complexity index is 224. The van der Waals surface area contributed by atoms with Crippen molar-refractivity contribution in [3.8, 4) is 0 Å². The minimum atomic E-state index is -1.25. The van der Waals surface area contributed by atoms with Crippen LogP contribution in [0.25, 0.3) is 0 Å². The molecule has 6 nitrogen and oxygen atoms in total. The van der Waals surface area contributed by atoms with Crippen LogP contribution in [-0.2, 0) is 0 Å². The van der Waals surface area contributed by atoms with Crippen LogP contribution in [0.4, 0.5) is 0 Å². The summed E-state index contributed by atoms with van der Waals surface area (Å²) in [5.74, 6) is 0. The summed E-state index contributed by atoms with van der Waals surface area (Å²) < 4.78 is 0. The molecule has 2 saturated heterocycles. The molecule has 0 aromatic heterocycles. The average molecular weight is 205 g/mol. The number of rotatable bonds is 0. The van der Waals surface area contributed by atoms with E-state index in [4.69, 9.17) is 0 Å². The molecule has 0 spiro atoms. The highest BCUT2D eigenvalue weighted by Crippen LogP contribution is 2.28. The van der Waals surface area contributed by atoms with Gasteiger partial charge in [0.05, 0.1) is 24.4 Å². The van der Waals surface area contributed by atoms with Crippen LogP contribution < -0.4 is 0 Å². The molecule has 1 unspecified atom stereocenters. The van der Waals surface area contributed by atoms with Gasteiger partial charge in [-0.15, -0.1) is 0 Å². The molecule has 82 valence electrons. The fraction of sp³-hybridized carbons (Fsp3) is 1.00. The molecule has 2 fully saturated rings. The summed E-state index contributed by atoms with van der Waals surface area (Å²) in [4.78, 5) is 1.59. The number of hydrogen-bond acceptors (Lipinski definition) is 6. The van der Waals surface area contributed by atoms with Gasteiger partial charge in [0, 0.05) is 13.1 Å². The highest BCUT2D eigenvalue weighted by Gasteiger charge is 2.51. The Labute approximate surface area is 81.0 Å². The number of aliphatic hydroxyl groups excluding tert-OH is 5. The predicted octanol–water partition coefficient (Wildman–Crippen LogP) is -3.51. The van der Waals surface area contributed by atoms with Gasteiger partial charge in [0.15, 0.2) is 0 Å². The van der Waals surface area contributed by atoms with Gasteiger partial charge in [-0.3, -0.25) is 4.90 Å². The van der Waals surface area contributed by atoms with Gasteiger partial charge in [-0.1, -0.05) is 0 Å². The highest BCUT2D eigenvalue weighted by molar-refractivity contribution is 5.04. The molecule has 2 aliphatic rings. The van der Waals surface area contributed by atoms with E-state index in [2.05, 4.69) is 0 Å². The molecule has 6 atom stereocenters. The molecular weight excluding hydrogens is 190 g/mol. The minimum Gasteiger partial charge on any atom is -0.389 e. The molecule has 0 aliphatic carbocycles. The van der Waals surface area contributed by atoms with Gasteiger partial charge in [-0.05, 0) is 0 Å². The number of piperidine rings is 1. The summed E-state index contributed by atoms with van der Waals surface area (Å²) >= 11 is 0. The molecule has 5 N–H and O–H groups in total. The predicted molar refractivity (Wildman–Crippen MR) is 45.4 cm³/mol. The lowest BCUT2D eigenvalue weighted by atomic mass is 9.93. The third-order valence-electron chi connectivity index (χ3n) is 3.10. The van der Waals surface area contributed by atoms with E-state index in [0.717, 1.165) is 0 Å². The van der Waals surface area contributed by atoms with Crippen LogP contribution in [0.2, 0.25) is 0 Å². The first-order valence-electron chi connectivity index (χ1n) is 4.66. The van der Waals surface area contributed by atoms with Crippen LogP contribution in [0.3, 0.4) is 0 Å². The second-order valence-electron chi connectivity index (χ2n) is 4.05. The van der Waals surface area contributed by atoms with Crippen molar-refractivity contribution in [2.45, 2.75) is 36.6 Å². The molecule has 0 bridgehead atoms. The lowest BCUT2D eigenvalue weighted by Gasteiger charge is -2.40. The molecule has 14 heavy (non-hydrogen) atoms. The Morgan fingerprint density at radius 3 is 1.79 bits per heavy atom. The monoisotopic (exact) mass is 205 g/mol. The Morgan fingerprint density at radius 2 is 1.21 bits per heavy atom. The first-order chi connectivity index (χ1) is 6.52. The normalized spacial score (nSPS) is 54.6. The SMILES string of the molecule is O[C@H]1[C@H](O)C2[C@@H](O)[C@H](O)CN2C[C@@H]1O. The second-order valence-corrected chi connectivity index (χ2v) is 4.05. The molecule has 0 amide bonds. The average Bonchev–Trinajstić information content (AvgIpc) is 2.39. The maximum Gasteiger partial charge on any atom is 0.109 e. The van der Waals surface area contributed by atoms with Crippen molar-refractivity contribution < 1.29 is 25.5 Å². The molecule has 0 aromatic carbocycles. The number of aliphatic hydroxyl groups is 5. The quantitative estimate of drug-likeness (QED) is 0.281. The first-order valence-corrected chi connectivity index (χ1v) is 4.66. The van der Waals surface area contributed by atoms with E-state index < -0.39 is 36.6 Å². The zero-order valence-corrected chi connectivity index (χ0v) is 7.56. The van der Waals surface area contributed by atoms with Gasteiger partial charge in [-0.2, -0.15) is 0 Å². The maximum absolute atomic E-state index is 9.58. The Balaban J connectivity index is 2.18. The Morgan fingerprint density at radius 1 is 0.714 bits per heavy atom. The number of nitrogens with zero attached hydrogens (tertiary/aromatic N) is 1. The van der Waals surface area contributed by atoms with Crippen molar-refractivity contribution in [1.82, 2.24) is 4.90 Å². The molecular formula is C8H15NO5. The van der Waals surface area contributed by atoms with E-state index in [1.165, 1.54) is 0 Å². The van der Waals surface area contributed by atoms with Crippen molar-refractivity contribution in [2.24, 2.45) is 0 Å². The zero-order valence-electron chi connectivity index (χ0n) is 7.56. The van der Waals surface area contributed by atoms with Gasteiger partial charge in [0.25, 0.3) is 0 Å². The Kier molecular flexibility index (Phi) is 2.50. The minimum absolute atomic E-state index is 0.164. The first kappa shape index (κ1) is 10.3. The molecule has 2 rings (SSSR count). The van der Waals surface area contributed by atoms with Crippen molar-refractivity contribution in [1.29, 1.82) is 0 Å². The van der Waals surface area contributed by atoms with Gasteiger partial charge < -0.3 is 25.5 Å². The van der Waals surface area contributed by atoms with Gasteiger partial charge in [0.2, 0.25) is 0 Å². The topological polar surface area (TPSA) is 104 Å². The standard InChI is InChI=1S/C8H15NO5/c10-3-1-9-2-4(11)7(13)8(14)5(9)6(3)12/h3-8,10-14H,1-2H2/t3-,4+,5?,6+,7-,8-/m1/s1. The molecule has 0 radical (unpaired) electrons. The van der Waals surface area contributed by atoms with E-state index in [1.807, 2.05) is 0 Å². The zero-order chi connectivity index (χ0) is 10.5. The maximum atomic E-state index is 9.58.